The predicted octanol–water partition coefficient (Wildman–Crippen LogP) is 3.21. The lowest BCUT2D eigenvalue weighted by molar-refractivity contribution is 0.0426. The van der Waals surface area contributed by atoms with Gasteiger partial charge in [0.1, 0.15) is 5.60 Å². The lowest BCUT2D eigenvalue weighted by Crippen LogP contribution is -2.44. The molecule has 1 aromatic carbocycles. The second kappa shape index (κ2) is 6.48. The minimum Gasteiger partial charge on any atom is -0.444 e. The van der Waals surface area contributed by atoms with Crippen LogP contribution in [0, 0.1) is 0 Å². The van der Waals surface area contributed by atoms with Gasteiger partial charge in [0.25, 0.3) is 0 Å². The first kappa shape index (κ1) is 15.8. The molecule has 0 unspecified atom stereocenters. The van der Waals surface area contributed by atoms with Crippen molar-refractivity contribution in [1.82, 2.24) is 5.32 Å². The number of benzene rings is 1. The molecule has 1 aliphatic carbocycles. The standard InChI is InChI=1S/C17H25NO3/c1-17(2,3)21-16(20)18-13-9-10-14(15(19)11-13)12-7-5-4-6-8-12/h4-8,13-15,19H,9-11H2,1-3H3,(H,18,20)/t13-,14-,15-/m0/s1. The molecule has 0 spiro atoms. The molecule has 4 heteroatoms. The molecule has 1 saturated carbocycles. The van der Waals surface area contributed by atoms with Crippen LogP contribution in [0.5, 0.6) is 0 Å². The van der Waals surface area contributed by atoms with E-state index in [9.17, 15) is 9.90 Å². The minimum atomic E-state index is -0.496. The van der Waals surface area contributed by atoms with Gasteiger partial charge in [-0.2, -0.15) is 0 Å². The molecule has 0 radical (unpaired) electrons. The Bertz CT molecular complexity index is 467. The molecule has 0 saturated heterocycles. The van der Waals surface area contributed by atoms with Crippen molar-refractivity contribution in [2.24, 2.45) is 0 Å². The van der Waals surface area contributed by atoms with E-state index in [0.717, 1.165) is 12.8 Å². The summed E-state index contributed by atoms with van der Waals surface area (Å²) in [6.45, 7) is 5.52. The lowest BCUT2D eigenvalue weighted by atomic mass is 9.79. The fourth-order valence-corrected chi connectivity index (χ4v) is 2.84. The normalized spacial score (nSPS) is 26.2. The van der Waals surface area contributed by atoms with Crippen LogP contribution in [0.2, 0.25) is 0 Å². The number of nitrogens with one attached hydrogen (secondary N) is 1. The van der Waals surface area contributed by atoms with Crippen molar-refractivity contribution in [2.45, 2.75) is 63.7 Å². The summed E-state index contributed by atoms with van der Waals surface area (Å²) >= 11 is 0. The zero-order valence-corrected chi connectivity index (χ0v) is 13.0. The maximum atomic E-state index is 11.8. The van der Waals surface area contributed by atoms with E-state index in [0.29, 0.717) is 6.42 Å². The third-order valence-corrected chi connectivity index (χ3v) is 3.77. The number of amides is 1. The van der Waals surface area contributed by atoms with E-state index >= 15 is 0 Å². The van der Waals surface area contributed by atoms with Crippen LogP contribution in [-0.2, 0) is 4.74 Å². The minimum absolute atomic E-state index is 0.0187. The molecular formula is C17H25NO3. The Labute approximate surface area is 126 Å². The molecule has 0 aliphatic heterocycles. The van der Waals surface area contributed by atoms with E-state index < -0.39 is 17.8 Å². The van der Waals surface area contributed by atoms with E-state index in [1.807, 2.05) is 39.0 Å². The van der Waals surface area contributed by atoms with Crippen LogP contribution >= 0.6 is 0 Å². The average molecular weight is 291 g/mol. The zero-order valence-electron chi connectivity index (χ0n) is 13.0. The number of rotatable bonds is 2. The molecule has 2 rings (SSSR count). The number of ether oxygens (including phenoxy) is 1. The highest BCUT2D eigenvalue weighted by molar-refractivity contribution is 5.68. The second-order valence-electron chi connectivity index (χ2n) is 6.74. The van der Waals surface area contributed by atoms with Crippen LogP contribution in [0.1, 0.15) is 51.5 Å². The Morgan fingerprint density at radius 3 is 2.48 bits per heavy atom. The van der Waals surface area contributed by atoms with Gasteiger partial charge in [-0.15, -0.1) is 0 Å². The molecule has 21 heavy (non-hydrogen) atoms. The maximum Gasteiger partial charge on any atom is 0.407 e. The molecule has 1 fully saturated rings. The van der Waals surface area contributed by atoms with Gasteiger partial charge in [0.05, 0.1) is 6.10 Å². The molecule has 2 N–H and O–H groups in total. The van der Waals surface area contributed by atoms with Gasteiger partial charge < -0.3 is 15.2 Å². The summed E-state index contributed by atoms with van der Waals surface area (Å²) in [5.41, 5.74) is 0.671. The lowest BCUT2D eigenvalue weighted by Gasteiger charge is -2.34. The molecule has 116 valence electrons. The molecule has 3 atom stereocenters. The van der Waals surface area contributed by atoms with Crippen molar-refractivity contribution in [1.29, 1.82) is 0 Å². The summed E-state index contributed by atoms with van der Waals surface area (Å²) in [5, 5.41) is 13.2. The van der Waals surface area contributed by atoms with Crippen molar-refractivity contribution < 1.29 is 14.6 Å². The maximum absolute atomic E-state index is 11.8. The third kappa shape index (κ3) is 4.74. The number of aliphatic hydroxyl groups is 1. The first-order chi connectivity index (χ1) is 9.85. The van der Waals surface area contributed by atoms with E-state index in [1.54, 1.807) is 0 Å². The summed E-state index contributed by atoms with van der Waals surface area (Å²) in [7, 11) is 0. The van der Waals surface area contributed by atoms with Gasteiger partial charge in [-0.1, -0.05) is 30.3 Å². The van der Waals surface area contributed by atoms with Crippen LogP contribution in [-0.4, -0.2) is 28.9 Å². The molecule has 0 aromatic heterocycles. The van der Waals surface area contributed by atoms with Gasteiger partial charge in [0, 0.05) is 12.0 Å². The predicted molar refractivity (Wildman–Crippen MR) is 82.2 cm³/mol. The van der Waals surface area contributed by atoms with E-state index in [4.69, 9.17) is 4.74 Å². The quantitative estimate of drug-likeness (QED) is 0.879. The van der Waals surface area contributed by atoms with E-state index in [-0.39, 0.29) is 12.0 Å². The Balaban J connectivity index is 1.88. The molecule has 1 aromatic rings. The van der Waals surface area contributed by atoms with Crippen LogP contribution in [0.3, 0.4) is 0 Å². The summed E-state index contributed by atoms with van der Waals surface area (Å²) in [5.74, 6) is 0.155. The number of aliphatic hydroxyl groups excluding tert-OH is 1. The average Bonchev–Trinajstić information content (AvgIpc) is 2.37. The Morgan fingerprint density at radius 1 is 1.24 bits per heavy atom. The topological polar surface area (TPSA) is 58.6 Å². The monoisotopic (exact) mass is 291 g/mol. The highest BCUT2D eigenvalue weighted by Crippen LogP contribution is 2.33. The smallest absolute Gasteiger partial charge is 0.407 e. The van der Waals surface area contributed by atoms with E-state index in [2.05, 4.69) is 17.4 Å². The Morgan fingerprint density at radius 2 is 1.90 bits per heavy atom. The first-order valence-corrected chi connectivity index (χ1v) is 7.57. The second-order valence-corrected chi connectivity index (χ2v) is 6.74. The first-order valence-electron chi connectivity index (χ1n) is 7.57. The summed E-state index contributed by atoms with van der Waals surface area (Å²) < 4.78 is 5.26. The molecule has 0 heterocycles. The molecular weight excluding hydrogens is 266 g/mol. The highest BCUT2D eigenvalue weighted by atomic mass is 16.6. The summed E-state index contributed by atoms with van der Waals surface area (Å²) in [4.78, 5) is 11.8. The van der Waals surface area contributed by atoms with Gasteiger partial charge in [0.2, 0.25) is 0 Å². The molecule has 4 nitrogen and oxygen atoms in total. The summed E-state index contributed by atoms with van der Waals surface area (Å²) in [6, 6.07) is 10.0. The molecule has 0 bridgehead atoms. The van der Waals surface area contributed by atoms with Crippen molar-refractivity contribution in [3.8, 4) is 0 Å². The Hall–Kier alpha value is -1.55. The van der Waals surface area contributed by atoms with Crippen molar-refractivity contribution >= 4 is 6.09 Å². The molecule has 1 aliphatic rings. The number of hydrogen-bond acceptors (Lipinski definition) is 3. The van der Waals surface area contributed by atoms with Gasteiger partial charge in [-0.05, 0) is 45.6 Å². The fourth-order valence-electron chi connectivity index (χ4n) is 2.84. The molecule has 1 amide bonds. The highest BCUT2D eigenvalue weighted by Gasteiger charge is 2.31. The van der Waals surface area contributed by atoms with Crippen LogP contribution in [0.4, 0.5) is 4.79 Å². The van der Waals surface area contributed by atoms with Crippen LogP contribution < -0.4 is 5.32 Å². The zero-order chi connectivity index (χ0) is 15.5. The summed E-state index contributed by atoms with van der Waals surface area (Å²) in [6.07, 6.45) is 1.46. The number of carbonyl (C=O) groups is 1. The van der Waals surface area contributed by atoms with Crippen molar-refractivity contribution in [3.63, 3.8) is 0 Å². The van der Waals surface area contributed by atoms with Crippen LogP contribution in [0.15, 0.2) is 30.3 Å². The van der Waals surface area contributed by atoms with E-state index in [1.165, 1.54) is 5.56 Å². The van der Waals surface area contributed by atoms with Gasteiger partial charge in [-0.3, -0.25) is 0 Å². The number of hydrogen-bond donors (Lipinski definition) is 2. The largest absolute Gasteiger partial charge is 0.444 e. The van der Waals surface area contributed by atoms with Gasteiger partial charge >= 0.3 is 6.09 Å². The SMILES string of the molecule is CC(C)(C)OC(=O)N[C@H]1CC[C@@H](c2ccccc2)[C@@H](O)C1. The number of carbonyl (C=O) groups excluding carboxylic acids is 1. The fraction of sp³-hybridized carbons (Fsp3) is 0.588. The Kier molecular flexibility index (Phi) is 4.88. The van der Waals surface area contributed by atoms with Crippen molar-refractivity contribution in [2.75, 3.05) is 0 Å². The third-order valence-electron chi connectivity index (χ3n) is 3.77. The van der Waals surface area contributed by atoms with Crippen molar-refractivity contribution in [3.05, 3.63) is 35.9 Å². The van der Waals surface area contributed by atoms with Crippen LogP contribution in [0.25, 0.3) is 0 Å². The number of alkyl carbamates (subject to hydrolysis) is 1. The van der Waals surface area contributed by atoms with Gasteiger partial charge in [0.15, 0.2) is 0 Å². The van der Waals surface area contributed by atoms with Gasteiger partial charge in [-0.25, -0.2) is 4.79 Å².